The molecule has 0 radical (unpaired) electrons. The highest BCUT2D eigenvalue weighted by atomic mass is 15.0. The molecule has 0 fully saturated rings. The van der Waals surface area contributed by atoms with Crippen molar-refractivity contribution in [1.29, 1.82) is 15.8 Å². The lowest BCUT2D eigenvalue weighted by Crippen LogP contribution is -2.04. The highest BCUT2D eigenvalue weighted by Gasteiger charge is 2.23. The first-order valence-electron chi connectivity index (χ1n) is 18.8. The molecule has 10 rings (SSSR count). The Hall–Kier alpha value is -8.17. The molecule has 10 aromatic rings. The Labute approximate surface area is 329 Å². The van der Waals surface area contributed by atoms with Crippen molar-refractivity contribution in [2.75, 3.05) is 0 Å². The van der Waals surface area contributed by atoms with E-state index in [1.165, 1.54) is 0 Å². The van der Waals surface area contributed by atoms with Gasteiger partial charge in [-0.3, -0.25) is 0 Å². The first-order chi connectivity index (χ1) is 28.0. The Morgan fingerprint density at radius 2 is 0.895 bits per heavy atom. The normalized spacial score (nSPS) is 11.2. The number of hydrogen-bond donors (Lipinski definition) is 0. The van der Waals surface area contributed by atoms with Crippen molar-refractivity contribution in [3.63, 3.8) is 0 Å². The Morgan fingerprint density at radius 1 is 0.386 bits per heavy atom. The van der Waals surface area contributed by atoms with Gasteiger partial charge in [0.25, 0.3) is 0 Å². The third-order valence-electron chi connectivity index (χ3n) is 11.1. The van der Waals surface area contributed by atoms with Crippen LogP contribution in [0.3, 0.4) is 0 Å². The predicted octanol–water partition coefficient (Wildman–Crippen LogP) is 12.8. The van der Waals surface area contributed by atoms with Gasteiger partial charge in [0.1, 0.15) is 6.07 Å². The van der Waals surface area contributed by atoms with E-state index in [0.29, 0.717) is 16.7 Å². The maximum atomic E-state index is 10.8. The van der Waals surface area contributed by atoms with Crippen LogP contribution in [0.4, 0.5) is 0 Å². The Morgan fingerprint density at radius 3 is 1.46 bits per heavy atom. The van der Waals surface area contributed by atoms with Gasteiger partial charge in [0.2, 0.25) is 0 Å². The summed E-state index contributed by atoms with van der Waals surface area (Å²) in [6, 6.07) is 65.0. The molecule has 0 saturated heterocycles. The number of nitriles is 3. The number of rotatable bonds is 5. The van der Waals surface area contributed by atoms with Crippen molar-refractivity contribution in [2.24, 2.45) is 0 Å². The van der Waals surface area contributed by atoms with E-state index in [1.807, 2.05) is 60.7 Å². The zero-order valence-electron chi connectivity index (χ0n) is 30.9. The van der Waals surface area contributed by atoms with Crippen LogP contribution in [-0.2, 0) is 0 Å². The number of aryl methyl sites for hydroxylation is 1. The van der Waals surface area contributed by atoms with Crippen LogP contribution in [0, 0.1) is 40.9 Å². The van der Waals surface area contributed by atoms with E-state index in [4.69, 9.17) is 0 Å². The van der Waals surface area contributed by atoms with Gasteiger partial charge in [-0.25, -0.2) is 0 Å². The Balaban J connectivity index is 1.22. The average Bonchev–Trinajstić information content (AvgIpc) is 3.78. The predicted molar refractivity (Wildman–Crippen MR) is 230 cm³/mol. The SMILES string of the molecule is Cc1ccc(-n2c3ccccc3c3cc(-c4ccc(C#N)cc4)ccc32)c(-c2cccc(C#N)c2-n2c3ccccc3c3cc(-c4ccc(C#N)cc4)ccc32)c1. The second-order valence-corrected chi connectivity index (χ2v) is 14.4. The van der Waals surface area contributed by atoms with Crippen molar-refractivity contribution in [1.82, 2.24) is 9.13 Å². The number of benzene rings is 8. The molecule has 2 aromatic heterocycles. The molecule has 2 heterocycles. The van der Waals surface area contributed by atoms with Crippen LogP contribution in [0.15, 0.2) is 170 Å². The molecule has 0 saturated carbocycles. The lowest BCUT2D eigenvalue weighted by molar-refractivity contribution is 1.15. The average molecular weight is 726 g/mol. The van der Waals surface area contributed by atoms with Crippen LogP contribution in [0.1, 0.15) is 22.3 Å². The minimum atomic E-state index is 0.577. The highest BCUT2D eigenvalue weighted by molar-refractivity contribution is 6.13. The van der Waals surface area contributed by atoms with Gasteiger partial charge in [0.05, 0.1) is 62.3 Å². The summed E-state index contributed by atoms with van der Waals surface area (Å²) in [7, 11) is 0. The largest absolute Gasteiger partial charge is 0.309 e. The zero-order chi connectivity index (χ0) is 38.6. The molecular formula is C52H31N5. The van der Waals surface area contributed by atoms with Crippen molar-refractivity contribution < 1.29 is 0 Å². The van der Waals surface area contributed by atoms with Gasteiger partial charge in [0.15, 0.2) is 0 Å². The van der Waals surface area contributed by atoms with Gasteiger partial charge in [-0.15, -0.1) is 0 Å². The zero-order valence-corrected chi connectivity index (χ0v) is 30.9. The van der Waals surface area contributed by atoms with Crippen molar-refractivity contribution >= 4 is 43.6 Å². The Kier molecular flexibility index (Phi) is 7.79. The monoisotopic (exact) mass is 725 g/mol. The second-order valence-electron chi connectivity index (χ2n) is 14.4. The third-order valence-corrected chi connectivity index (χ3v) is 11.1. The first kappa shape index (κ1) is 33.4. The summed E-state index contributed by atoms with van der Waals surface area (Å²) < 4.78 is 4.60. The molecule has 0 spiro atoms. The maximum absolute atomic E-state index is 10.8. The van der Waals surface area contributed by atoms with Gasteiger partial charge in [-0.2, -0.15) is 15.8 Å². The van der Waals surface area contributed by atoms with E-state index >= 15 is 0 Å². The molecule has 0 N–H and O–H groups in total. The van der Waals surface area contributed by atoms with Gasteiger partial charge in [-0.05, 0) is 108 Å². The molecule has 57 heavy (non-hydrogen) atoms. The molecule has 0 unspecified atom stereocenters. The number of nitrogens with zero attached hydrogens (tertiary/aromatic N) is 5. The maximum Gasteiger partial charge on any atom is 0.101 e. The van der Waals surface area contributed by atoms with Crippen LogP contribution in [0.25, 0.3) is 88.4 Å². The van der Waals surface area contributed by atoms with Crippen molar-refractivity contribution in [2.45, 2.75) is 6.92 Å². The lowest BCUT2D eigenvalue weighted by Gasteiger charge is -2.20. The summed E-state index contributed by atoms with van der Waals surface area (Å²) in [6.45, 7) is 2.11. The topological polar surface area (TPSA) is 81.2 Å². The van der Waals surface area contributed by atoms with Crippen LogP contribution < -0.4 is 0 Å². The minimum Gasteiger partial charge on any atom is -0.309 e. The van der Waals surface area contributed by atoms with Gasteiger partial charge >= 0.3 is 0 Å². The number of hydrogen-bond acceptors (Lipinski definition) is 3. The molecular weight excluding hydrogens is 695 g/mol. The molecule has 0 aliphatic rings. The summed E-state index contributed by atoms with van der Waals surface area (Å²) in [6.07, 6.45) is 0. The number of para-hydroxylation sites is 3. The molecule has 0 aliphatic heterocycles. The summed E-state index contributed by atoms with van der Waals surface area (Å²) in [4.78, 5) is 0. The Bertz CT molecular complexity index is 3380. The van der Waals surface area contributed by atoms with E-state index < -0.39 is 0 Å². The quantitative estimate of drug-likeness (QED) is 0.177. The number of fused-ring (bicyclic) bond motifs is 6. The molecule has 0 bridgehead atoms. The minimum absolute atomic E-state index is 0.577. The molecule has 8 aromatic carbocycles. The smallest absolute Gasteiger partial charge is 0.101 e. The van der Waals surface area contributed by atoms with E-state index in [-0.39, 0.29) is 0 Å². The highest BCUT2D eigenvalue weighted by Crippen LogP contribution is 2.43. The summed E-state index contributed by atoms with van der Waals surface area (Å²) in [5.74, 6) is 0. The second kappa shape index (κ2) is 13.3. The van der Waals surface area contributed by atoms with Gasteiger partial charge in [-0.1, -0.05) is 96.6 Å². The fourth-order valence-corrected chi connectivity index (χ4v) is 8.43. The van der Waals surface area contributed by atoms with E-state index in [2.05, 4.69) is 143 Å². The summed E-state index contributed by atoms with van der Waals surface area (Å²) in [5.41, 5.74) is 15.1. The fraction of sp³-hybridized carbons (Fsp3) is 0.0192. The van der Waals surface area contributed by atoms with Crippen LogP contribution in [-0.4, -0.2) is 9.13 Å². The van der Waals surface area contributed by atoms with Crippen LogP contribution >= 0.6 is 0 Å². The van der Waals surface area contributed by atoms with Gasteiger partial charge in [0, 0.05) is 32.7 Å². The van der Waals surface area contributed by atoms with E-state index in [0.717, 1.165) is 93.9 Å². The van der Waals surface area contributed by atoms with E-state index in [9.17, 15) is 15.8 Å². The first-order valence-corrected chi connectivity index (χ1v) is 18.8. The van der Waals surface area contributed by atoms with Crippen molar-refractivity contribution in [3.05, 3.63) is 192 Å². The van der Waals surface area contributed by atoms with Crippen molar-refractivity contribution in [3.8, 4) is 63.0 Å². The number of aromatic nitrogens is 2. The summed E-state index contributed by atoms with van der Waals surface area (Å²) >= 11 is 0. The van der Waals surface area contributed by atoms with Crippen LogP contribution in [0.5, 0.6) is 0 Å². The summed E-state index contributed by atoms with van der Waals surface area (Å²) in [5, 5.41) is 34.0. The molecule has 264 valence electrons. The molecule has 5 nitrogen and oxygen atoms in total. The standard InChI is InChI=1S/C52H31N5/c1-33-13-24-49(56-47-11-4-2-8-41(47)45-28-38(22-25-50(45)56)36-18-14-34(30-53)15-19-36)44(27-33)43-10-6-7-40(32-55)52(43)57-48-12-5-3-9-42(48)46-29-39(23-26-51(46)57)37-20-16-35(31-54)17-21-37/h2-29H,1H3. The van der Waals surface area contributed by atoms with Crippen LogP contribution in [0.2, 0.25) is 0 Å². The van der Waals surface area contributed by atoms with Gasteiger partial charge < -0.3 is 9.13 Å². The third kappa shape index (κ3) is 5.37. The fourth-order valence-electron chi connectivity index (χ4n) is 8.43. The molecule has 0 atom stereocenters. The molecule has 0 aliphatic carbocycles. The lowest BCUT2D eigenvalue weighted by atomic mass is 9.96. The van der Waals surface area contributed by atoms with E-state index in [1.54, 1.807) is 0 Å². The molecule has 0 amide bonds. The molecule has 5 heteroatoms.